The number of rotatable bonds is 1. The van der Waals surface area contributed by atoms with Gasteiger partial charge in [0.05, 0.1) is 0 Å². The van der Waals surface area contributed by atoms with Crippen LogP contribution in [0.15, 0.2) is 66.7 Å². The Balaban J connectivity index is 2.18. The predicted molar refractivity (Wildman–Crippen MR) is 84.3 cm³/mol. The number of fused-ring (bicyclic) bond motifs is 3. The maximum Gasteiger partial charge on any atom is 0.150 e. The second-order valence-electron chi connectivity index (χ2n) is 5.08. The van der Waals surface area contributed by atoms with Crippen LogP contribution in [-0.4, -0.2) is 6.29 Å². The molecular formula is C19H12O. The number of hydrogen-bond acceptors (Lipinski definition) is 1. The molecule has 0 aromatic heterocycles. The highest BCUT2D eigenvalue weighted by Crippen LogP contribution is 2.28. The number of carbonyl (C=O) groups excluding carboxylic acids is 1. The predicted octanol–water partition coefficient (Wildman–Crippen LogP) is 4.96. The molecule has 0 heterocycles. The summed E-state index contributed by atoms with van der Waals surface area (Å²) in [5.74, 6) is 0. The molecule has 0 radical (unpaired) electrons. The van der Waals surface area contributed by atoms with Gasteiger partial charge in [-0.15, -0.1) is 0 Å². The summed E-state index contributed by atoms with van der Waals surface area (Å²) >= 11 is 0. The van der Waals surface area contributed by atoms with Gasteiger partial charge in [0.15, 0.2) is 6.29 Å². The first-order chi connectivity index (χ1) is 9.85. The summed E-state index contributed by atoms with van der Waals surface area (Å²) in [5.41, 5.74) is 0.748. The summed E-state index contributed by atoms with van der Waals surface area (Å²) in [6, 6.07) is 22.9. The molecular weight excluding hydrogens is 244 g/mol. The third kappa shape index (κ3) is 1.60. The Bertz CT molecular complexity index is 967. The van der Waals surface area contributed by atoms with Gasteiger partial charge in [0.25, 0.3) is 0 Å². The molecule has 1 heteroatoms. The van der Waals surface area contributed by atoms with Gasteiger partial charge in [0, 0.05) is 5.56 Å². The normalized spacial score (nSPS) is 11.2. The van der Waals surface area contributed by atoms with Gasteiger partial charge in [0.2, 0.25) is 0 Å². The molecule has 0 N–H and O–H groups in total. The second-order valence-corrected chi connectivity index (χ2v) is 5.08. The molecule has 0 saturated carbocycles. The SMILES string of the molecule is O=Cc1cccc2cc3cc4ccccc4cc3cc12. The first kappa shape index (κ1) is 11.2. The van der Waals surface area contributed by atoms with Gasteiger partial charge in [-0.1, -0.05) is 42.5 Å². The molecule has 0 aliphatic carbocycles. The third-order valence-corrected chi connectivity index (χ3v) is 3.86. The van der Waals surface area contributed by atoms with Crippen molar-refractivity contribution in [2.24, 2.45) is 0 Å². The van der Waals surface area contributed by atoms with Crippen LogP contribution in [0.4, 0.5) is 0 Å². The van der Waals surface area contributed by atoms with Crippen molar-refractivity contribution in [1.82, 2.24) is 0 Å². The van der Waals surface area contributed by atoms with Crippen molar-refractivity contribution in [2.45, 2.75) is 0 Å². The van der Waals surface area contributed by atoms with Crippen LogP contribution in [0.3, 0.4) is 0 Å². The van der Waals surface area contributed by atoms with Gasteiger partial charge >= 0.3 is 0 Å². The van der Waals surface area contributed by atoms with Crippen LogP contribution < -0.4 is 0 Å². The van der Waals surface area contributed by atoms with E-state index < -0.39 is 0 Å². The Morgan fingerprint density at radius 2 is 1.20 bits per heavy atom. The molecule has 4 aromatic carbocycles. The molecule has 0 bridgehead atoms. The van der Waals surface area contributed by atoms with Gasteiger partial charge in [0.1, 0.15) is 0 Å². The Labute approximate surface area is 116 Å². The number of hydrogen-bond donors (Lipinski definition) is 0. The van der Waals surface area contributed by atoms with Crippen molar-refractivity contribution in [1.29, 1.82) is 0 Å². The van der Waals surface area contributed by atoms with Crippen molar-refractivity contribution in [3.63, 3.8) is 0 Å². The standard InChI is InChI=1S/C19H12O/c20-12-16-7-3-6-15-10-17-8-13-4-1-2-5-14(13)9-18(17)11-19(15)16/h1-12H. The van der Waals surface area contributed by atoms with E-state index >= 15 is 0 Å². The summed E-state index contributed by atoms with van der Waals surface area (Å²) in [6.45, 7) is 0. The molecule has 0 atom stereocenters. The lowest BCUT2D eigenvalue weighted by Gasteiger charge is -2.06. The van der Waals surface area contributed by atoms with Crippen molar-refractivity contribution in [3.8, 4) is 0 Å². The van der Waals surface area contributed by atoms with Crippen molar-refractivity contribution < 1.29 is 4.79 Å². The van der Waals surface area contributed by atoms with E-state index in [-0.39, 0.29) is 0 Å². The highest BCUT2D eigenvalue weighted by atomic mass is 16.1. The summed E-state index contributed by atoms with van der Waals surface area (Å²) in [4.78, 5) is 11.2. The molecule has 0 fully saturated rings. The monoisotopic (exact) mass is 256 g/mol. The van der Waals surface area contributed by atoms with Crippen LogP contribution in [0, 0.1) is 0 Å². The molecule has 4 rings (SSSR count). The largest absolute Gasteiger partial charge is 0.298 e. The van der Waals surface area contributed by atoms with E-state index in [0.29, 0.717) is 0 Å². The first-order valence-electron chi connectivity index (χ1n) is 6.66. The lowest BCUT2D eigenvalue weighted by molar-refractivity contribution is 0.112. The van der Waals surface area contributed by atoms with Crippen LogP contribution in [0.25, 0.3) is 32.3 Å². The number of benzene rings is 4. The number of carbonyl (C=O) groups is 1. The molecule has 94 valence electrons. The lowest BCUT2D eigenvalue weighted by atomic mass is 9.98. The highest BCUT2D eigenvalue weighted by Gasteiger charge is 2.03. The summed E-state index contributed by atoms with van der Waals surface area (Å²) < 4.78 is 0. The van der Waals surface area contributed by atoms with Gasteiger partial charge in [-0.2, -0.15) is 0 Å². The van der Waals surface area contributed by atoms with E-state index in [1.165, 1.54) is 21.5 Å². The van der Waals surface area contributed by atoms with Gasteiger partial charge in [-0.05, 0) is 56.6 Å². The Kier molecular flexibility index (Phi) is 2.33. The number of aldehydes is 1. The first-order valence-corrected chi connectivity index (χ1v) is 6.66. The zero-order valence-corrected chi connectivity index (χ0v) is 10.8. The van der Waals surface area contributed by atoms with Crippen molar-refractivity contribution in [3.05, 3.63) is 72.3 Å². The molecule has 20 heavy (non-hydrogen) atoms. The third-order valence-electron chi connectivity index (χ3n) is 3.86. The Morgan fingerprint density at radius 3 is 1.90 bits per heavy atom. The van der Waals surface area contributed by atoms with Gasteiger partial charge in [-0.3, -0.25) is 4.79 Å². The molecule has 0 amide bonds. The van der Waals surface area contributed by atoms with Gasteiger partial charge < -0.3 is 0 Å². The lowest BCUT2D eigenvalue weighted by Crippen LogP contribution is -1.84. The highest BCUT2D eigenvalue weighted by molar-refractivity contribution is 6.08. The molecule has 0 aliphatic rings. The maximum absolute atomic E-state index is 11.2. The fourth-order valence-corrected chi connectivity index (χ4v) is 2.85. The zero-order valence-electron chi connectivity index (χ0n) is 10.8. The fourth-order valence-electron chi connectivity index (χ4n) is 2.85. The van der Waals surface area contributed by atoms with Gasteiger partial charge in [-0.25, -0.2) is 0 Å². The van der Waals surface area contributed by atoms with Crippen molar-refractivity contribution >= 4 is 38.6 Å². The minimum atomic E-state index is 0.748. The average molecular weight is 256 g/mol. The van der Waals surface area contributed by atoms with E-state index in [4.69, 9.17) is 0 Å². The average Bonchev–Trinajstić information content (AvgIpc) is 2.50. The van der Waals surface area contributed by atoms with Crippen molar-refractivity contribution in [2.75, 3.05) is 0 Å². The van der Waals surface area contributed by atoms with E-state index in [0.717, 1.165) is 22.6 Å². The molecule has 4 aromatic rings. The topological polar surface area (TPSA) is 17.1 Å². The minimum absolute atomic E-state index is 0.748. The minimum Gasteiger partial charge on any atom is -0.298 e. The quantitative estimate of drug-likeness (QED) is 0.347. The summed E-state index contributed by atoms with van der Waals surface area (Å²) in [7, 11) is 0. The zero-order chi connectivity index (χ0) is 13.5. The van der Waals surface area contributed by atoms with E-state index in [2.05, 4.69) is 48.5 Å². The van der Waals surface area contributed by atoms with E-state index in [9.17, 15) is 4.79 Å². The molecule has 0 saturated heterocycles. The maximum atomic E-state index is 11.2. The van der Waals surface area contributed by atoms with Crippen LogP contribution in [0.2, 0.25) is 0 Å². The molecule has 0 spiro atoms. The Morgan fingerprint density at radius 1 is 0.600 bits per heavy atom. The summed E-state index contributed by atoms with van der Waals surface area (Å²) in [6.07, 6.45) is 0.926. The smallest absolute Gasteiger partial charge is 0.150 e. The van der Waals surface area contributed by atoms with Crippen LogP contribution >= 0.6 is 0 Å². The van der Waals surface area contributed by atoms with Crippen LogP contribution in [0.5, 0.6) is 0 Å². The van der Waals surface area contributed by atoms with Crippen LogP contribution in [-0.2, 0) is 0 Å². The fraction of sp³-hybridized carbons (Fsp3) is 0. The molecule has 0 unspecified atom stereocenters. The molecule has 1 nitrogen and oxygen atoms in total. The van der Waals surface area contributed by atoms with Crippen LogP contribution in [0.1, 0.15) is 10.4 Å². The molecule has 0 aliphatic heterocycles. The Hall–Kier alpha value is -2.67. The second kappa shape index (κ2) is 4.17. The van der Waals surface area contributed by atoms with E-state index in [1.54, 1.807) is 0 Å². The summed E-state index contributed by atoms with van der Waals surface area (Å²) in [5, 5.41) is 6.97. The van der Waals surface area contributed by atoms with E-state index in [1.807, 2.05) is 18.2 Å².